The average molecular weight is 311 g/mol. The summed E-state index contributed by atoms with van der Waals surface area (Å²) in [5, 5.41) is 4.06. The summed E-state index contributed by atoms with van der Waals surface area (Å²) < 4.78 is 5.50. The largest absolute Gasteiger partial charge is 0.444 e. The number of nitrogens with zero attached hydrogens (tertiary/aromatic N) is 1. The molecule has 5 heteroatoms. The first-order chi connectivity index (χ1) is 9.85. The highest BCUT2D eigenvalue weighted by atomic mass is 35.5. The Labute approximate surface area is 131 Å². The Balaban J connectivity index is 2.06. The highest BCUT2D eigenvalue weighted by Gasteiger charge is 2.30. The summed E-state index contributed by atoms with van der Waals surface area (Å²) in [6.45, 7) is 7.90. The molecule has 0 aliphatic carbocycles. The van der Waals surface area contributed by atoms with E-state index in [2.05, 4.69) is 5.32 Å². The number of ether oxygens (including phenoxy) is 1. The van der Waals surface area contributed by atoms with Crippen LogP contribution in [0.2, 0.25) is 5.02 Å². The Morgan fingerprint density at radius 3 is 2.90 bits per heavy atom. The van der Waals surface area contributed by atoms with E-state index in [-0.39, 0.29) is 12.1 Å². The fourth-order valence-corrected chi connectivity index (χ4v) is 2.65. The van der Waals surface area contributed by atoms with Crippen LogP contribution in [-0.4, -0.2) is 42.3 Å². The molecule has 0 saturated carbocycles. The number of carbonyl (C=O) groups is 1. The average Bonchev–Trinajstić information content (AvgIpc) is 2.37. The zero-order chi connectivity index (χ0) is 15.5. The Kier molecular flexibility index (Phi) is 5.12. The minimum absolute atomic E-state index is 0.0899. The number of hydrogen-bond donors (Lipinski definition) is 1. The van der Waals surface area contributed by atoms with Gasteiger partial charge in [0.15, 0.2) is 0 Å². The number of benzene rings is 1. The van der Waals surface area contributed by atoms with Crippen molar-refractivity contribution < 1.29 is 9.53 Å². The number of hydrogen-bond acceptors (Lipinski definition) is 3. The molecule has 1 N–H and O–H groups in total. The SMILES string of the molecule is CC(C)(C)OC(=O)N1CCNCC1Cc1cccc(Cl)c1. The summed E-state index contributed by atoms with van der Waals surface area (Å²) in [6, 6.07) is 7.87. The molecule has 4 nitrogen and oxygen atoms in total. The van der Waals surface area contributed by atoms with Crippen LogP contribution in [0.5, 0.6) is 0 Å². The Hall–Kier alpha value is -1.26. The molecule has 1 unspecified atom stereocenters. The van der Waals surface area contributed by atoms with Gasteiger partial charge in [0.05, 0.1) is 6.04 Å². The lowest BCUT2D eigenvalue weighted by molar-refractivity contribution is 0.0122. The van der Waals surface area contributed by atoms with Crippen LogP contribution in [0, 0.1) is 0 Å². The smallest absolute Gasteiger partial charge is 0.410 e. The zero-order valence-electron chi connectivity index (χ0n) is 12.9. The fourth-order valence-electron chi connectivity index (χ4n) is 2.44. The van der Waals surface area contributed by atoms with E-state index in [0.29, 0.717) is 6.54 Å². The topological polar surface area (TPSA) is 41.6 Å². The minimum Gasteiger partial charge on any atom is -0.444 e. The molecule has 1 aromatic rings. The van der Waals surface area contributed by atoms with Crippen LogP contribution in [0.1, 0.15) is 26.3 Å². The first-order valence-corrected chi connectivity index (χ1v) is 7.68. The molecule has 1 aliphatic rings. The van der Waals surface area contributed by atoms with Crippen LogP contribution in [0.3, 0.4) is 0 Å². The van der Waals surface area contributed by atoms with Gasteiger partial charge < -0.3 is 15.0 Å². The molecule has 21 heavy (non-hydrogen) atoms. The third-order valence-corrected chi connectivity index (χ3v) is 3.57. The Morgan fingerprint density at radius 2 is 2.24 bits per heavy atom. The van der Waals surface area contributed by atoms with Crippen molar-refractivity contribution in [3.05, 3.63) is 34.9 Å². The molecule has 1 aliphatic heterocycles. The molecule has 1 saturated heterocycles. The number of nitrogens with one attached hydrogen (secondary N) is 1. The van der Waals surface area contributed by atoms with E-state index in [9.17, 15) is 4.79 Å². The molecule has 1 fully saturated rings. The highest BCUT2D eigenvalue weighted by Crippen LogP contribution is 2.18. The van der Waals surface area contributed by atoms with Gasteiger partial charge in [0, 0.05) is 24.7 Å². The summed E-state index contributed by atoms with van der Waals surface area (Å²) in [4.78, 5) is 14.2. The van der Waals surface area contributed by atoms with E-state index in [4.69, 9.17) is 16.3 Å². The molecule has 0 aromatic heterocycles. The summed E-state index contributed by atoms with van der Waals surface area (Å²) in [5.41, 5.74) is 0.660. The van der Waals surface area contributed by atoms with Crippen molar-refractivity contribution in [3.63, 3.8) is 0 Å². The van der Waals surface area contributed by atoms with Gasteiger partial charge in [-0.15, -0.1) is 0 Å². The van der Waals surface area contributed by atoms with Crippen LogP contribution in [-0.2, 0) is 11.2 Å². The third-order valence-electron chi connectivity index (χ3n) is 3.34. The van der Waals surface area contributed by atoms with Crippen molar-refractivity contribution in [1.29, 1.82) is 0 Å². The van der Waals surface area contributed by atoms with E-state index >= 15 is 0 Å². The molecular formula is C16H23ClN2O2. The van der Waals surface area contributed by atoms with Crippen LogP contribution in [0.15, 0.2) is 24.3 Å². The summed E-state index contributed by atoms with van der Waals surface area (Å²) in [7, 11) is 0. The van der Waals surface area contributed by atoms with Crippen LogP contribution in [0.25, 0.3) is 0 Å². The molecular weight excluding hydrogens is 288 g/mol. The maximum atomic E-state index is 12.3. The summed E-state index contributed by atoms with van der Waals surface area (Å²) in [6.07, 6.45) is 0.531. The van der Waals surface area contributed by atoms with Gasteiger partial charge in [-0.3, -0.25) is 0 Å². The van der Waals surface area contributed by atoms with Crippen molar-refractivity contribution in [3.8, 4) is 0 Å². The van der Waals surface area contributed by atoms with Gasteiger partial charge in [-0.25, -0.2) is 4.79 Å². The Morgan fingerprint density at radius 1 is 1.48 bits per heavy atom. The Bertz CT molecular complexity index is 499. The number of halogens is 1. The number of carbonyl (C=O) groups excluding carboxylic acids is 1. The lowest BCUT2D eigenvalue weighted by Crippen LogP contribution is -2.55. The van der Waals surface area contributed by atoms with E-state index < -0.39 is 5.60 Å². The lowest BCUT2D eigenvalue weighted by atomic mass is 10.0. The fraction of sp³-hybridized carbons (Fsp3) is 0.562. The first-order valence-electron chi connectivity index (χ1n) is 7.30. The molecule has 1 amide bonds. The third kappa shape index (κ3) is 4.90. The minimum atomic E-state index is -0.470. The van der Waals surface area contributed by atoms with Crippen LogP contribution < -0.4 is 5.32 Å². The second-order valence-corrected chi connectivity index (χ2v) is 6.80. The van der Waals surface area contributed by atoms with Crippen molar-refractivity contribution in [2.24, 2.45) is 0 Å². The lowest BCUT2D eigenvalue weighted by Gasteiger charge is -2.37. The van der Waals surface area contributed by atoms with Gasteiger partial charge in [0.2, 0.25) is 0 Å². The number of piperazine rings is 1. The predicted molar refractivity (Wildman–Crippen MR) is 84.8 cm³/mol. The molecule has 0 spiro atoms. The maximum absolute atomic E-state index is 12.3. The molecule has 1 heterocycles. The van der Waals surface area contributed by atoms with Crippen LogP contribution >= 0.6 is 11.6 Å². The predicted octanol–water partition coefficient (Wildman–Crippen LogP) is 3.09. The summed E-state index contributed by atoms with van der Waals surface area (Å²) >= 11 is 6.03. The quantitative estimate of drug-likeness (QED) is 0.912. The van der Waals surface area contributed by atoms with E-state index in [1.165, 1.54) is 0 Å². The van der Waals surface area contributed by atoms with E-state index in [1.807, 2.05) is 49.9 Å². The van der Waals surface area contributed by atoms with Crippen molar-refractivity contribution in [2.45, 2.75) is 38.8 Å². The zero-order valence-corrected chi connectivity index (χ0v) is 13.6. The van der Waals surface area contributed by atoms with Crippen LogP contribution in [0.4, 0.5) is 4.79 Å². The monoisotopic (exact) mass is 310 g/mol. The van der Waals surface area contributed by atoms with Gasteiger partial charge in [0.1, 0.15) is 5.60 Å². The van der Waals surface area contributed by atoms with Gasteiger partial charge >= 0.3 is 6.09 Å². The van der Waals surface area contributed by atoms with Crippen molar-refractivity contribution in [2.75, 3.05) is 19.6 Å². The molecule has 1 atom stereocenters. The number of amides is 1. The van der Waals surface area contributed by atoms with E-state index in [0.717, 1.165) is 30.1 Å². The normalized spacial score (nSPS) is 19.4. The van der Waals surface area contributed by atoms with Gasteiger partial charge in [-0.2, -0.15) is 0 Å². The molecule has 2 rings (SSSR count). The maximum Gasteiger partial charge on any atom is 0.410 e. The van der Waals surface area contributed by atoms with Crippen molar-refractivity contribution >= 4 is 17.7 Å². The van der Waals surface area contributed by atoms with Gasteiger partial charge in [-0.1, -0.05) is 23.7 Å². The van der Waals surface area contributed by atoms with Gasteiger partial charge in [0.25, 0.3) is 0 Å². The van der Waals surface area contributed by atoms with Crippen molar-refractivity contribution in [1.82, 2.24) is 10.2 Å². The molecule has 116 valence electrons. The first kappa shape index (κ1) is 16.1. The van der Waals surface area contributed by atoms with Gasteiger partial charge in [-0.05, 0) is 44.9 Å². The van der Waals surface area contributed by atoms with E-state index in [1.54, 1.807) is 0 Å². The number of rotatable bonds is 2. The molecule has 0 radical (unpaired) electrons. The second kappa shape index (κ2) is 6.67. The molecule has 0 bridgehead atoms. The second-order valence-electron chi connectivity index (χ2n) is 6.37. The highest BCUT2D eigenvalue weighted by molar-refractivity contribution is 6.30. The summed E-state index contributed by atoms with van der Waals surface area (Å²) in [5.74, 6) is 0. The standard InChI is InChI=1S/C16H23ClN2O2/c1-16(2,3)21-15(20)19-8-7-18-11-14(19)10-12-5-4-6-13(17)9-12/h4-6,9,14,18H,7-8,10-11H2,1-3H3. The molecule has 1 aromatic carbocycles.